The number of aliphatic hydroxyl groups is 1. The van der Waals surface area contributed by atoms with Crippen LogP contribution in [-0.2, 0) is 6.42 Å². The van der Waals surface area contributed by atoms with E-state index in [1.54, 1.807) is 12.1 Å². The zero-order valence-corrected chi connectivity index (χ0v) is 20.9. The van der Waals surface area contributed by atoms with E-state index in [0.29, 0.717) is 10.6 Å². The second-order valence-corrected chi connectivity index (χ2v) is 9.13. The number of nitrogens with one attached hydrogen (secondary N) is 2. The monoisotopic (exact) mass is 507 g/mol. The molecule has 0 aliphatic rings. The number of halogens is 1. The number of anilines is 2. The molecule has 1 heterocycles. The normalized spacial score (nSPS) is 10.9. The van der Waals surface area contributed by atoms with E-state index in [4.69, 9.17) is 21.7 Å². The van der Waals surface area contributed by atoms with Gasteiger partial charge in [-0.15, -0.1) is 0 Å². The van der Waals surface area contributed by atoms with Crippen LogP contribution >= 0.6 is 11.6 Å². The van der Waals surface area contributed by atoms with Gasteiger partial charge in [0.25, 0.3) is 5.91 Å². The van der Waals surface area contributed by atoms with E-state index >= 15 is 0 Å². The molecule has 0 aliphatic heterocycles. The van der Waals surface area contributed by atoms with Gasteiger partial charge >= 0.3 is 0 Å². The van der Waals surface area contributed by atoms with Gasteiger partial charge in [-0.1, -0.05) is 72.3 Å². The third-order valence-corrected chi connectivity index (χ3v) is 6.43. The molecule has 0 radical (unpaired) electrons. The minimum absolute atomic E-state index is 0.0996. The second-order valence-electron chi connectivity index (χ2n) is 8.72. The number of hydrogen-bond donors (Lipinski definition) is 3. The SMILES string of the molecule is O=C(NCCO)c1cccc(Nc2cccc(-c3c(Cc4ccccc4)cnc4c(Cl)cccc34)c2)c1. The number of carbonyl (C=O) groups is 1. The molecule has 37 heavy (non-hydrogen) atoms. The molecule has 6 heteroatoms. The van der Waals surface area contributed by atoms with E-state index in [1.807, 2.05) is 60.8 Å². The Hall–Kier alpha value is -4.19. The molecule has 184 valence electrons. The standard InChI is InChI=1S/C31H26ClN3O2/c32-28-14-6-13-27-29(24(20-34-30(27)28)17-21-7-2-1-3-8-21)22-9-4-11-25(18-22)35-26-12-5-10-23(19-26)31(37)33-15-16-36/h1-14,18-20,35-36H,15-17H2,(H,33,37). The van der Waals surface area contributed by atoms with Crippen LogP contribution in [0.3, 0.4) is 0 Å². The van der Waals surface area contributed by atoms with Crippen LogP contribution in [0.4, 0.5) is 11.4 Å². The number of para-hydroxylation sites is 1. The van der Waals surface area contributed by atoms with Crippen molar-refractivity contribution < 1.29 is 9.90 Å². The molecule has 5 rings (SSSR count). The van der Waals surface area contributed by atoms with Crippen molar-refractivity contribution in [3.8, 4) is 11.1 Å². The van der Waals surface area contributed by atoms with Gasteiger partial charge in [-0.25, -0.2) is 0 Å². The van der Waals surface area contributed by atoms with Crippen LogP contribution in [0.25, 0.3) is 22.0 Å². The lowest BCUT2D eigenvalue weighted by molar-refractivity contribution is 0.0945. The van der Waals surface area contributed by atoms with Crippen molar-refractivity contribution in [3.63, 3.8) is 0 Å². The number of benzene rings is 4. The molecular weight excluding hydrogens is 482 g/mol. The summed E-state index contributed by atoms with van der Waals surface area (Å²) in [6, 6.07) is 31.7. The van der Waals surface area contributed by atoms with Crippen LogP contribution in [0.15, 0.2) is 103 Å². The van der Waals surface area contributed by atoms with E-state index in [1.165, 1.54) is 5.56 Å². The van der Waals surface area contributed by atoms with Crippen molar-refractivity contribution in [2.45, 2.75) is 6.42 Å². The third kappa shape index (κ3) is 5.64. The Balaban J connectivity index is 1.53. The number of carbonyl (C=O) groups excluding carboxylic acids is 1. The Morgan fingerprint density at radius 2 is 1.62 bits per heavy atom. The van der Waals surface area contributed by atoms with Crippen molar-refractivity contribution in [2.24, 2.45) is 0 Å². The average Bonchev–Trinajstić information content (AvgIpc) is 2.92. The lowest BCUT2D eigenvalue weighted by Crippen LogP contribution is -2.26. The van der Waals surface area contributed by atoms with Crippen LogP contribution in [0.5, 0.6) is 0 Å². The predicted octanol–water partition coefficient (Wildman–Crippen LogP) is 6.61. The smallest absolute Gasteiger partial charge is 0.251 e. The first-order chi connectivity index (χ1) is 18.1. The van der Waals surface area contributed by atoms with Crippen molar-refractivity contribution in [1.29, 1.82) is 0 Å². The van der Waals surface area contributed by atoms with Gasteiger partial charge in [0.1, 0.15) is 0 Å². The van der Waals surface area contributed by atoms with E-state index in [2.05, 4.69) is 41.0 Å². The van der Waals surface area contributed by atoms with Gasteiger partial charge in [0.15, 0.2) is 0 Å². The van der Waals surface area contributed by atoms with Gasteiger partial charge in [0.05, 0.1) is 17.1 Å². The van der Waals surface area contributed by atoms with E-state index < -0.39 is 0 Å². The maximum atomic E-state index is 12.3. The van der Waals surface area contributed by atoms with Crippen LogP contribution in [0.1, 0.15) is 21.5 Å². The fourth-order valence-electron chi connectivity index (χ4n) is 4.45. The summed E-state index contributed by atoms with van der Waals surface area (Å²) in [5.41, 5.74) is 7.44. The van der Waals surface area contributed by atoms with Crippen LogP contribution in [0, 0.1) is 0 Å². The maximum Gasteiger partial charge on any atom is 0.251 e. The topological polar surface area (TPSA) is 74.2 Å². The van der Waals surface area contributed by atoms with Gasteiger partial charge in [0, 0.05) is 35.1 Å². The molecule has 0 fully saturated rings. The summed E-state index contributed by atoms with van der Waals surface area (Å²) in [7, 11) is 0. The van der Waals surface area contributed by atoms with Crippen LogP contribution in [0.2, 0.25) is 5.02 Å². The highest BCUT2D eigenvalue weighted by atomic mass is 35.5. The number of nitrogens with zero attached hydrogens (tertiary/aromatic N) is 1. The molecule has 0 unspecified atom stereocenters. The Morgan fingerprint density at radius 1 is 0.865 bits per heavy atom. The number of aromatic nitrogens is 1. The van der Waals surface area contributed by atoms with Crippen molar-refractivity contribution >= 4 is 39.8 Å². The summed E-state index contributed by atoms with van der Waals surface area (Å²) < 4.78 is 0. The molecule has 5 aromatic rings. The quantitative estimate of drug-likeness (QED) is 0.221. The highest BCUT2D eigenvalue weighted by Gasteiger charge is 2.14. The molecule has 0 saturated heterocycles. The summed E-state index contributed by atoms with van der Waals surface area (Å²) in [5, 5.41) is 16.7. The molecule has 1 aromatic heterocycles. The maximum absolute atomic E-state index is 12.3. The fourth-order valence-corrected chi connectivity index (χ4v) is 4.67. The largest absolute Gasteiger partial charge is 0.395 e. The number of rotatable bonds is 8. The summed E-state index contributed by atoms with van der Waals surface area (Å²) in [4.78, 5) is 17.0. The zero-order valence-electron chi connectivity index (χ0n) is 20.1. The Labute approximate surface area is 220 Å². The summed E-state index contributed by atoms with van der Waals surface area (Å²) >= 11 is 6.52. The van der Waals surface area contributed by atoms with E-state index in [9.17, 15) is 4.79 Å². The highest BCUT2D eigenvalue weighted by Crippen LogP contribution is 2.36. The Kier molecular flexibility index (Phi) is 7.45. The molecule has 3 N–H and O–H groups in total. The molecule has 0 bridgehead atoms. The first-order valence-corrected chi connectivity index (χ1v) is 12.5. The number of pyridine rings is 1. The van der Waals surface area contributed by atoms with Gasteiger partial charge in [-0.2, -0.15) is 0 Å². The van der Waals surface area contributed by atoms with E-state index in [0.717, 1.165) is 45.4 Å². The summed E-state index contributed by atoms with van der Waals surface area (Å²) in [5.74, 6) is -0.225. The van der Waals surface area contributed by atoms with Crippen LogP contribution < -0.4 is 10.6 Å². The minimum Gasteiger partial charge on any atom is -0.395 e. The van der Waals surface area contributed by atoms with Gasteiger partial charge < -0.3 is 15.7 Å². The molecule has 0 aliphatic carbocycles. The second kappa shape index (κ2) is 11.2. The fraction of sp³-hybridized carbons (Fsp3) is 0.0968. The number of hydrogen-bond acceptors (Lipinski definition) is 4. The third-order valence-electron chi connectivity index (χ3n) is 6.13. The minimum atomic E-state index is -0.225. The molecule has 4 aromatic carbocycles. The Morgan fingerprint density at radius 3 is 2.43 bits per heavy atom. The molecule has 0 saturated carbocycles. The van der Waals surface area contributed by atoms with Gasteiger partial charge in [-0.05, 0) is 65.1 Å². The first-order valence-electron chi connectivity index (χ1n) is 12.1. The lowest BCUT2D eigenvalue weighted by atomic mass is 9.92. The van der Waals surface area contributed by atoms with Gasteiger partial charge in [0.2, 0.25) is 0 Å². The van der Waals surface area contributed by atoms with Crippen molar-refractivity contribution in [1.82, 2.24) is 10.3 Å². The summed E-state index contributed by atoms with van der Waals surface area (Å²) in [6.45, 7) is 0.116. The first kappa shape index (κ1) is 24.5. The molecule has 0 spiro atoms. The molecule has 1 amide bonds. The average molecular weight is 508 g/mol. The summed E-state index contributed by atoms with van der Waals surface area (Å²) in [6.07, 6.45) is 2.67. The van der Waals surface area contributed by atoms with Crippen LogP contribution in [-0.4, -0.2) is 29.1 Å². The predicted molar refractivity (Wildman–Crippen MR) is 151 cm³/mol. The number of amides is 1. The molecular formula is C31H26ClN3O2. The Bertz CT molecular complexity index is 1550. The number of fused-ring (bicyclic) bond motifs is 1. The molecule has 0 atom stereocenters. The lowest BCUT2D eigenvalue weighted by Gasteiger charge is -2.16. The zero-order chi connectivity index (χ0) is 25.6. The van der Waals surface area contributed by atoms with E-state index in [-0.39, 0.29) is 19.1 Å². The highest BCUT2D eigenvalue weighted by molar-refractivity contribution is 6.35. The van der Waals surface area contributed by atoms with Crippen molar-refractivity contribution in [2.75, 3.05) is 18.5 Å². The van der Waals surface area contributed by atoms with Crippen molar-refractivity contribution in [3.05, 3.63) is 125 Å². The number of aliphatic hydroxyl groups excluding tert-OH is 1. The molecule has 5 nitrogen and oxygen atoms in total. The van der Waals surface area contributed by atoms with Gasteiger partial charge in [-0.3, -0.25) is 9.78 Å².